The molecule has 0 spiro atoms. The number of alkyl carbamates (subject to hydrolysis) is 1. The van der Waals surface area contributed by atoms with Crippen LogP contribution >= 0.6 is 0 Å². The normalized spacial score (nSPS) is 25.1. The number of fused-ring (bicyclic) bond motifs is 1. The molecule has 4 atom stereocenters. The van der Waals surface area contributed by atoms with Gasteiger partial charge in [-0.25, -0.2) is 9.59 Å². The van der Waals surface area contributed by atoms with E-state index in [1.807, 2.05) is 0 Å². The van der Waals surface area contributed by atoms with E-state index in [-0.39, 0.29) is 20.2 Å². The van der Waals surface area contributed by atoms with Crippen LogP contribution in [0, 0.1) is 0 Å². The van der Waals surface area contributed by atoms with Gasteiger partial charge in [0.25, 0.3) is 0 Å². The van der Waals surface area contributed by atoms with Crippen molar-refractivity contribution in [3.63, 3.8) is 0 Å². The van der Waals surface area contributed by atoms with Gasteiger partial charge < -0.3 is 33.7 Å². The molecule has 1 N–H and O–H groups in total. The average molecular weight is 460 g/mol. The Morgan fingerprint density at radius 1 is 0.812 bits per heavy atom. The van der Waals surface area contributed by atoms with Crippen molar-refractivity contribution in [2.24, 2.45) is 0 Å². The van der Waals surface area contributed by atoms with Crippen LogP contribution < -0.4 is 5.32 Å². The van der Waals surface area contributed by atoms with Crippen LogP contribution in [0.4, 0.5) is 4.79 Å². The Labute approximate surface area is 191 Å². The van der Waals surface area contributed by atoms with Gasteiger partial charge in [0.2, 0.25) is 0 Å². The predicted octanol–water partition coefficient (Wildman–Crippen LogP) is 3.68. The number of hydrogen-bond donors (Lipinski definition) is 1. The summed E-state index contributed by atoms with van der Waals surface area (Å²) in [5.74, 6) is -0.533. The Bertz CT molecular complexity index is 532. The third-order valence-corrected chi connectivity index (χ3v) is 5.90. The predicted molar refractivity (Wildman–Crippen MR) is 117 cm³/mol. The smallest absolute Gasteiger partial charge is 0.407 e. The van der Waals surface area contributed by atoms with Crippen LogP contribution in [0.5, 0.6) is 0 Å². The second-order valence-corrected chi connectivity index (χ2v) is 8.37. The SMILES string of the molecule is CCCCCCCCCCCCCNC(=O)OC[C@H]1OCO[C@H]2[C@@H]1OCO[C@H]2C(=O)OC. The van der Waals surface area contributed by atoms with E-state index in [2.05, 4.69) is 12.2 Å². The van der Waals surface area contributed by atoms with Gasteiger partial charge in [-0.05, 0) is 6.42 Å². The lowest BCUT2D eigenvalue weighted by Gasteiger charge is -2.42. The van der Waals surface area contributed by atoms with Crippen LogP contribution in [0.25, 0.3) is 0 Å². The molecular weight excluding hydrogens is 418 g/mol. The molecule has 0 aliphatic carbocycles. The molecule has 0 aromatic heterocycles. The molecule has 9 nitrogen and oxygen atoms in total. The summed E-state index contributed by atoms with van der Waals surface area (Å²) < 4.78 is 31.9. The fourth-order valence-corrected chi connectivity index (χ4v) is 4.00. The summed E-state index contributed by atoms with van der Waals surface area (Å²) in [7, 11) is 1.29. The maximum Gasteiger partial charge on any atom is 0.407 e. The van der Waals surface area contributed by atoms with Crippen LogP contribution in [0.15, 0.2) is 0 Å². The monoisotopic (exact) mass is 459 g/mol. The van der Waals surface area contributed by atoms with Crippen LogP contribution in [-0.2, 0) is 33.2 Å². The second kappa shape index (κ2) is 16.2. The molecule has 2 fully saturated rings. The van der Waals surface area contributed by atoms with Gasteiger partial charge in [-0.3, -0.25) is 0 Å². The average Bonchev–Trinajstić information content (AvgIpc) is 2.82. The molecule has 2 aliphatic rings. The Balaban J connectivity index is 1.51. The number of ether oxygens (including phenoxy) is 6. The summed E-state index contributed by atoms with van der Waals surface area (Å²) >= 11 is 0. The van der Waals surface area contributed by atoms with Gasteiger partial charge in [0.15, 0.2) is 6.10 Å². The highest BCUT2D eigenvalue weighted by Crippen LogP contribution is 2.26. The molecule has 0 aromatic carbocycles. The summed E-state index contributed by atoms with van der Waals surface area (Å²) in [6.45, 7) is 2.70. The molecule has 2 heterocycles. The zero-order chi connectivity index (χ0) is 23.0. The molecule has 1 amide bonds. The highest BCUT2D eigenvalue weighted by molar-refractivity contribution is 5.75. The second-order valence-electron chi connectivity index (χ2n) is 8.37. The third kappa shape index (κ3) is 9.60. The van der Waals surface area contributed by atoms with Crippen LogP contribution in [0.1, 0.15) is 77.6 Å². The summed E-state index contributed by atoms with van der Waals surface area (Å²) in [6, 6.07) is 0. The topological polar surface area (TPSA) is 102 Å². The fraction of sp³-hybridized carbons (Fsp3) is 0.913. The van der Waals surface area contributed by atoms with Crippen LogP contribution in [-0.4, -0.2) is 70.3 Å². The van der Waals surface area contributed by atoms with Crippen molar-refractivity contribution in [2.75, 3.05) is 33.8 Å². The molecular formula is C23H41NO8. The van der Waals surface area contributed by atoms with Gasteiger partial charge in [-0.15, -0.1) is 0 Å². The van der Waals surface area contributed by atoms with Crippen molar-refractivity contribution >= 4 is 12.1 Å². The molecule has 0 radical (unpaired) electrons. The summed E-state index contributed by atoms with van der Waals surface area (Å²) in [5.41, 5.74) is 0. The third-order valence-electron chi connectivity index (χ3n) is 5.90. The minimum atomic E-state index is -0.889. The molecule has 0 bridgehead atoms. The standard InChI is InChI=1S/C23H41NO8/c1-3-4-5-6-7-8-9-10-11-12-13-14-24-23(26)28-15-18-19-20(31-16-29-18)21(22(25)27-2)32-17-30-19/h18-21H,3-17H2,1-2H3,(H,24,26)/t18-,19-,20+,21-/m1/s1. The van der Waals surface area contributed by atoms with E-state index in [1.54, 1.807) is 0 Å². The van der Waals surface area contributed by atoms with E-state index in [9.17, 15) is 9.59 Å². The number of unbranched alkanes of at least 4 members (excludes halogenated alkanes) is 10. The quantitative estimate of drug-likeness (QED) is 0.292. The number of esters is 1. The lowest BCUT2D eigenvalue weighted by molar-refractivity contribution is -0.322. The Morgan fingerprint density at radius 3 is 2.06 bits per heavy atom. The first-order chi connectivity index (χ1) is 15.7. The fourth-order valence-electron chi connectivity index (χ4n) is 4.00. The van der Waals surface area contributed by atoms with Gasteiger partial charge in [0.1, 0.15) is 38.5 Å². The molecule has 2 aliphatic heterocycles. The lowest BCUT2D eigenvalue weighted by Crippen LogP contribution is -2.60. The van der Waals surface area contributed by atoms with Gasteiger partial charge >= 0.3 is 12.1 Å². The highest BCUT2D eigenvalue weighted by atomic mass is 16.8. The number of amides is 1. The summed E-state index contributed by atoms with van der Waals surface area (Å²) in [4.78, 5) is 23.9. The minimum absolute atomic E-state index is 0.00249. The number of nitrogens with one attached hydrogen (secondary N) is 1. The zero-order valence-corrected chi connectivity index (χ0v) is 19.7. The minimum Gasteiger partial charge on any atom is -0.467 e. The Hall–Kier alpha value is -1.42. The highest BCUT2D eigenvalue weighted by Gasteiger charge is 2.48. The number of hydrogen-bond acceptors (Lipinski definition) is 8. The number of rotatable bonds is 15. The molecule has 2 saturated heterocycles. The lowest BCUT2D eigenvalue weighted by atomic mass is 10.0. The zero-order valence-electron chi connectivity index (χ0n) is 19.7. The molecule has 0 saturated carbocycles. The van der Waals surface area contributed by atoms with E-state index in [0.29, 0.717) is 6.54 Å². The molecule has 0 aromatic rings. The molecule has 0 unspecified atom stereocenters. The number of methoxy groups -OCH3 is 1. The van der Waals surface area contributed by atoms with Crippen LogP contribution in [0.3, 0.4) is 0 Å². The first-order valence-corrected chi connectivity index (χ1v) is 12.1. The van der Waals surface area contributed by atoms with Gasteiger partial charge in [0.05, 0.1) is 7.11 Å². The van der Waals surface area contributed by atoms with Gasteiger partial charge in [-0.1, -0.05) is 71.1 Å². The van der Waals surface area contributed by atoms with Crippen molar-refractivity contribution in [2.45, 2.75) is 102 Å². The largest absolute Gasteiger partial charge is 0.467 e. The number of carbonyl (C=O) groups is 2. The van der Waals surface area contributed by atoms with E-state index < -0.39 is 36.5 Å². The van der Waals surface area contributed by atoms with Crippen molar-refractivity contribution in [1.82, 2.24) is 5.32 Å². The van der Waals surface area contributed by atoms with E-state index in [1.165, 1.54) is 64.9 Å². The van der Waals surface area contributed by atoms with Gasteiger partial charge in [-0.2, -0.15) is 0 Å². The number of carbonyl (C=O) groups excluding carboxylic acids is 2. The van der Waals surface area contributed by atoms with Crippen molar-refractivity contribution in [3.8, 4) is 0 Å². The molecule has 9 heteroatoms. The molecule has 32 heavy (non-hydrogen) atoms. The van der Waals surface area contributed by atoms with E-state index in [4.69, 9.17) is 28.4 Å². The summed E-state index contributed by atoms with van der Waals surface area (Å²) in [6.07, 6.45) is 10.7. The Morgan fingerprint density at radius 2 is 1.41 bits per heavy atom. The van der Waals surface area contributed by atoms with E-state index in [0.717, 1.165) is 12.8 Å². The van der Waals surface area contributed by atoms with Crippen molar-refractivity contribution in [3.05, 3.63) is 0 Å². The Kier molecular flexibility index (Phi) is 13.6. The summed E-state index contributed by atoms with van der Waals surface area (Å²) in [5, 5.41) is 2.77. The van der Waals surface area contributed by atoms with E-state index >= 15 is 0 Å². The molecule has 2 rings (SSSR count). The van der Waals surface area contributed by atoms with Crippen LogP contribution in [0.2, 0.25) is 0 Å². The first-order valence-electron chi connectivity index (χ1n) is 12.1. The maximum atomic E-state index is 12.0. The van der Waals surface area contributed by atoms with Crippen molar-refractivity contribution < 1.29 is 38.0 Å². The van der Waals surface area contributed by atoms with Gasteiger partial charge in [0, 0.05) is 6.54 Å². The van der Waals surface area contributed by atoms with Crippen molar-refractivity contribution in [1.29, 1.82) is 0 Å². The first kappa shape index (κ1) is 26.8. The molecule has 186 valence electrons. The maximum absolute atomic E-state index is 12.0.